The van der Waals surface area contributed by atoms with Crippen LogP contribution in [0.5, 0.6) is 0 Å². The molecule has 19 nitrogen and oxygen atoms in total. The maximum absolute atomic E-state index is 8.52. The van der Waals surface area contributed by atoms with Crippen molar-refractivity contribution in [2.75, 3.05) is 52.4 Å². The predicted octanol–water partition coefficient (Wildman–Crippen LogP) is -12.8. The fourth-order valence-corrected chi connectivity index (χ4v) is 0.866. The molecule has 0 aromatic heterocycles. The maximum Gasteiger partial charge on any atom is 0.125 e. The summed E-state index contributed by atoms with van der Waals surface area (Å²) in [6, 6.07) is 0. The molecule has 0 saturated heterocycles. The molecule has 0 fully saturated rings. The third-order valence-corrected chi connectivity index (χ3v) is 1.63. The molecule has 0 radical (unpaired) electrons. The molecule has 0 rings (SSSR count). The summed E-state index contributed by atoms with van der Waals surface area (Å²) in [6.45, 7) is 8.70. The van der Waals surface area contributed by atoms with Gasteiger partial charge in [-0.15, -0.1) is 0 Å². The molecule has 0 spiro atoms. The van der Waals surface area contributed by atoms with Crippen LogP contribution in [0.25, 0.3) is 0 Å². The van der Waals surface area contributed by atoms with Crippen molar-refractivity contribution in [1.82, 2.24) is 0 Å². The van der Waals surface area contributed by atoms with Gasteiger partial charge < -0.3 is 66.4 Å². The fraction of sp³-hybridized carbons (Fsp3) is 1.00. The van der Waals surface area contributed by atoms with Crippen LogP contribution in [0.2, 0.25) is 0 Å². The lowest BCUT2D eigenvalue weighted by Crippen LogP contribution is -2.90. The third kappa shape index (κ3) is 353. The van der Waals surface area contributed by atoms with Crippen molar-refractivity contribution in [2.24, 2.45) is 0 Å². The summed E-state index contributed by atoms with van der Waals surface area (Å²) >= 11 is 0. The predicted molar refractivity (Wildman–Crippen MR) is 89.4 cm³/mol. The second kappa shape index (κ2) is 28.3. The van der Waals surface area contributed by atoms with Crippen LogP contribution in [0.4, 0.5) is 0 Å². The molecule has 0 amide bonds. The zero-order chi connectivity index (χ0) is 24.6. The SMILES string of the molecule is O.O=S(=O)([O-])[O-].O=S(=O)([O-])[O-].O=S(=O)([O-])[O-].[NH3+]CC[NH2+]CC[NH3+].[NH3+]CC[NH2+]CC[NH3+]. The van der Waals surface area contributed by atoms with E-state index in [4.69, 9.17) is 52.6 Å². The van der Waals surface area contributed by atoms with Crippen LogP contribution in [0.1, 0.15) is 0 Å². The summed E-state index contributed by atoms with van der Waals surface area (Å²) in [6.07, 6.45) is 0. The smallest absolute Gasteiger partial charge is 0.125 e. The van der Waals surface area contributed by atoms with Gasteiger partial charge >= 0.3 is 0 Å². The van der Waals surface area contributed by atoms with Gasteiger partial charge in [0.15, 0.2) is 0 Å². The van der Waals surface area contributed by atoms with E-state index in [1.165, 1.54) is 0 Å². The average molecular weight is 519 g/mol. The topological polar surface area (TPSA) is 416 Å². The number of hydrogen-bond acceptors (Lipinski definition) is 12. The van der Waals surface area contributed by atoms with E-state index < -0.39 is 31.2 Å². The summed E-state index contributed by atoms with van der Waals surface area (Å²) in [4.78, 5) is 0. The molecule has 0 saturated carbocycles. The zero-order valence-electron chi connectivity index (χ0n) is 16.3. The van der Waals surface area contributed by atoms with Crippen molar-refractivity contribution in [3.8, 4) is 0 Å². The number of nitrogens with two attached hydrogens (primary N) is 2. The highest BCUT2D eigenvalue weighted by molar-refractivity contribution is 7.80. The Morgan fingerprint density at radius 3 is 0.633 bits per heavy atom. The number of hydrogen-bond donors (Lipinski definition) is 6. The van der Waals surface area contributed by atoms with Gasteiger partial charge in [-0.1, -0.05) is 0 Å². The Morgan fingerprint density at radius 2 is 0.567 bits per heavy atom. The van der Waals surface area contributed by atoms with Crippen LogP contribution in [0, 0.1) is 0 Å². The van der Waals surface area contributed by atoms with Crippen molar-refractivity contribution in [2.45, 2.75) is 0 Å². The first-order valence-electron chi connectivity index (χ1n) is 7.63. The summed E-state index contributed by atoms with van der Waals surface area (Å²) in [5.41, 5.74) is 14.8. The van der Waals surface area contributed by atoms with Gasteiger partial charge in [-0.05, 0) is 0 Å². The van der Waals surface area contributed by atoms with Crippen LogP contribution in [-0.2, 0) is 31.2 Å². The van der Waals surface area contributed by atoms with Crippen molar-refractivity contribution >= 4 is 31.2 Å². The molecule has 0 atom stereocenters. The Kier molecular flexibility index (Phi) is 40.8. The third-order valence-electron chi connectivity index (χ3n) is 1.63. The van der Waals surface area contributed by atoms with Gasteiger partial charge in [0.25, 0.3) is 0 Å². The van der Waals surface area contributed by atoms with Crippen molar-refractivity contribution in [3.63, 3.8) is 0 Å². The van der Waals surface area contributed by atoms with Gasteiger partial charge in [0.05, 0.1) is 0 Å². The van der Waals surface area contributed by atoms with Gasteiger partial charge in [-0.25, -0.2) is 0 Å². The van der Waals surface area contributed by atoms with Crippen molar-refractivity contribution < 1.29 is 91.6 Å². The first-order valence-corrected chi connectivity index (χ1v) is 11.6. The normalized spacial score (nSPS) is 10.2. The van der Waals surface area contributed by atoms with E-state index in [1.54, 1.807) is 0 Å². The van der Waals surface area contributed by atoms with E-state index in [9.17, 15) is 0 Å². The van der Waals surface area contributed by atoms with Gasteiger partial charge in [-0.3, -0.25) is 25.3 Å². The molecular weight excluding hydrogens is 484 g/mol. The first-order chi connectivity index (χ1) is 12.8. The summed E-state index contributed by atoms with van der Waals surface area (Å²) in [7, 11) is -15.5. The van der Waals surface area contributed by atoms with E-state index in [-0.39, 0.29) is 5.48 Å². The minimum Gasteiger partial charge on any atom is -0.759 e. The Morgan fingerprint density at radius 1 is 0.467 bits per heavy atom. The van der Waals surface area contributed by atoms with E-state index in [1.807, 2.05) is 0 Å². The summed E-state index contributed by atoms with van der Waals surface area (Å²) < 4.78 is 102. The molecule has 0 aliphatic heterocycles. The molecule has 0 heterocycles. The molecule has 0 aliphatic rings. The molecule has 30 heavy (non-hydrogen) atoms. The molecule has 18 N–H and O–H groups in total. The second-order valence-corrected chi connectivity index (χ2v) is 6.82. The van der Waals surface area contributed by atoms with Gasteiger partial charge in [0, 0.05) is 31.2 Å². The molecule has 0 aromatic rings. The number of rotatable bonds is 8. The minimum absolute atomic E-state index is 0. The molecule has 0 unspecified atom stereocenters. The van der Waals surface area contributed by atoms with E-state index in [2.05, 4.69) is 33.6 Å². The monoisotopic (exact) mass is 518 g/mol. The van der Waals surface area contributed by atoms with Crippen LogP contribution < -0.4 is 33.6 Å². The molecular formula is C8H34N6O13S3. The molecule has 0 aliphatic carbocycles. The lowest BCUT2D eigenvalue weighted by atomic mass is 10.6. The quantitative estimate of drug-likeness (QED) is 0.0989. The van der Waals surface area contributed by atoms with Crippen LogP contribution in [0.3, 0.4) is 0 Å². The fourth-order valence-electron chi connectivity index (χ4n) is 0.866. The second-order valence-electron chi connectivity index (χ2n) is 4.37. The van der Waals surface area contributed by atoms with E-state index in [0.29, 0.717) is 0 Å². The highest BCUT2D eigenvalue weighted by Gasteiger charge is 1.85. The summed E-state index contributed by atoms with van der Waals surface area (Å²) in [5.74, 6) is 0. The zero-order valence-corrected chi connectivity index (χ0v) is 18.7. The average Bonchev–Trinajstić information content (AvgIpc) is 2.44. The van der Waals surface area contributed by atoms with Crippen LogP contribution in [-0.4, -0.2) is 110 Å². The lowest BCUT2D eigenvalue weighted by Gasteiger charge is -2.06. The van der Waals surface area contributed by atoms with Gasteiger partial charge in [0.1, 0.15) is 52.4 Å². The molecule has 192 valence electrons. The Hall–Kier alpha value is -0.670. The first kappa shape index (κ1) is 43.2. The van der Waals surface area contributed by atoms with E-state index in [0.717, 1.165) is 52.4 Å². The molecule has 0 aromatic carbocycles. The standard InChI is InChI=1S/2C4H13N3.3H2O4S.H2O/c2*5-1-3-7-4-2-6;3*1-5(2,3)4;/h2*7H,1-6H2;3*(H2,1,2,3,4);1H2. The van der Waals surface area contributed by atoms with Crippen LogP contribution in [0.15, 0.2) is 0 Å². The highest BCUT2D eigenvalue weighted by atomic mass is 32.3. The van der Waals surface area contributed by atoms with E-state index >= 15 is 0 Å². The van der Waals surface area contributed by atoms with Crippen molar-refractivity contribution in [3.05, 3.63) is 0 Å². The summed E-state index contributed by atoms with van der Waals surface area (Å²) in [5, 5.41) is 4.47. The highest BCUT2D eigenvalue weighted by Crippen LogP contribution is 1.58. The number of quaternary nitrogens is 6. The Bertz CT molecular complexity index is 499. The minimum atomic E-state index is -5.17. The Labute approximate surface area is 175 Å². The lowest BCUT2D eigenvalue weighted by molar-refractivity contribution is -0.683. The molecule has 0 bridgehead atoms. The maximum atomic E-state index is 8.52. The Balaban J connectivity index is -0.0000000601. The van der Waals surface area contributed by atoms with Crippen molar-refractivity contribution in [1.29, 1.82) is 0 Å². The van der Waals surface area contributed by atoms with Gasteiger partial charge in [-0.2, -0.15) is 0 Å². The molecule has 22 heteroatoms. The van der Waals surface area contributed by atoms with Crippen LogP contribution >= 0.6 is 0 Å². The largest absolute Gasteiger partial charge is 0.759 e. The van der Waals surface area contributed by atoms with Gasteiger partial charge in [0.2, 0.25) is 0 Å².